The van der Waals surface area contributed by atoms with Crippen LogP contribution in [0.5, 0.6) is 0 Å². The minimum Gasteiger partial charge on any atom is -0.295 e. The molecule has 0 amide bonds. The van der Waals surface area contributed by atoms with E-state index in [4.69, 9.17) is 0 Å². The number of hydrogen-bond donors (Lipinski definition) is 0. The van der Waals surface area contributed by atoms with Crippen LogP contribution < -0.4 is 0 Å². The topological polar surface area (TPSA) is 17.1 Å². The first-order chi connectivity index (χ1) is 6.68. The van der Waals surface area contributed by atoms with Crippen LogP contribution in [0.4, 0.5) is 0 Å². The molecule has 1 nitrogen and oxygen atoms in total. The van der Waals surface area contributed by atoms with Gasteiger partial charge in [0, 0.05) is 10.0 Å². The van der Waals surface area contributed by atoms with Crippen molar-refractivity contribution in [1.29, 1.82) is 0 Å². The van der Waals surface area contributed by atoms with Gasteiger partial charge < -0.3 is 0 Å². The highest BCUT2D eigenvalue weighted by Gasteiger charge is 2.14. The van der Waals surface area contributed by atoms with Gasteiger partial charge in [-0.25, -0.2) is 0 Å². The number of carbonyl (C=O) groups is 1. The molecule has 1 aliphatic carbocycles. The van der Waals surface area contributed by atoms with Crippen molar-refractivity contribution in [3.63, 3.8) is 0 Å². The van der Waals surface area contributed by atoms with E-state index in [0.717, 1.165) is 22.9 Å². The van der Waals surface area contributed by atoms with Gasteiger partial charge in [0.25, 0.3) is 0 Å². The van der Waals surface area contributed by atoms with Gasteiger partial charge in [-0.2, -0.15) is 0 Å². The summed E-state index contributed by atoms with van der Waals surface area (Å²) in [5.41, 5.74) is 3.59. The second-order valence-corrected chi connectivity index (χ2v) is 4.71. The zero-order valence-electron chi connectivity index (χ0n) is 8.27. The van der Waals surface area contributed by atoms with E-state index >= 15 is 0 Å². The van der Waals surface area contributed by atoms with Crippen LogP contribution in [0.2, 0.25) is 0 Å². The Hall–Kier alpha value is -0.630. The Morgan fingerprint density at radius 3 is 2.71 bits per heavy atom. The monoisotopic (exact) mass is 252 g/mol. The third-order valence-electron chi connectivity index (χ3n) is 2.82. The van der Waals surface area contributed by atoms with Crippen molar-refractivity contribution >= 4 is 21.7 Å². The van der Waals surface area contributed by atoms with Gasteiger partial charge in [-0.05, 0) is 55.9 Å². The average Bonchev–Trinajstić information content (AvgIpc) is 2.17. The number of benzene rings is 1. The van der Waals surface area contributed by atoms with Crippen LogP contribution in [-0.4, -0.2) is 5.78 Å². The van der Waals surface area contributed by atoms with Crippen molar-refractivity contribution in [3.05, 3.63) is 33.3 Å². The Morgan fingerprint density at radius 2 is 2.00 bits per heavy atom. The Kier molecular flexibility index (Phi) is 2.73. The van der Waals surface area contributed by atoms with E-state index < -0.39 is 0 Å². The summed E-state index contributed by atoms with van der Waals surface area (Å²) in [6.45, 7) is 1.62. The molecule has 0 heterocycles. The van der Waals surface area contributed by atoms with E-state index in [-0.39, 0.29) is 5.78 Å². The summed E-state index contributed by atoms with van der Waals surface area (Å²) in [7, 11) is 0. The summed E-state index contributed by atoms with van der Waals surface area (Å²) in [4.78, 5) is 11.3. The molecule has 1 aliphatic rings. The number of aryl methyl sites for hydroxylation is 1. The zero-order chi connectivity index (χ0) is 10.1. The van der Waals surface area contributed by atoms with Crippen molar-refractivity contribution in [2.24, 2.45) is 0 Å². The van der Waals surface area contributed by atoms with Crippen LogP contribution in [0.15, 0.2) is 16.6 Å². The van der Waals surface area contributed by atoms with E-state index in [9.17, 15) is 4.79 Å². The third-order valence-corrected chi connectivity index (χ3v) is 3.52. The average molecular weight is 253 g/mol. The lowest BCUT2D eigenvalue weighted by Gasteiger charge is -2.17. The normalized spacial score (nSPS) is 15.0. The fourth-order valence-corrected chi connectivity index (χ4v) is 2.72. The number of carbonyl (C=O) groups excluding carboxylic acids is 1. The Balaban J connectivity index is 2.51. The molecule has 0 fully saturated rings. The van der Waals surface area contributed by atoms with E-state index in [1.807, 2.05) is 6.07 Å². The minimum absolute atomic E-state index is 0.152. The number of halogens is 1. The van der Waals surface area contributed by atoms with E-state index in [0.29, 0.717) is 0 Å². The molecule has 0 aliphatic heterocycles. The van der Waals surface area contributed by atoms with Gasteiger partial charge in [0.2, 0.25) is 0 Å². The predicted octanol–water partition coefficient (Wildman–Crippen LogP) is 3.53. The van der Waals surface area contributed by atoms with Crippen LogP contribution in [0.3, 0.4) is 0 Å². The van der Waals surface area contributed by atoms with Crippen LogP contribution >= 0.6 is 15.9 Å². The highest BCUT2D eigenvalue weighted by molar-refractivity contribution is 9.10. The molecular formula is C12H13BrO. The molecule has 0 saturated carbocycles. The van der Waals surface area contributed by atoms with Crippen molar-refractivity contribution in [2.75, 3.05) is 0 Å². The largest absolute Gasteiger partial charge is 0.295 e. The molecule has 2 heteroatoms. The molecule has 0 bridgehead atoms. The Bertz CT molecular complexity index is 382. The lowest BCUT2D eigenvalue weighted by Crippen LogP contribution is -2.06. The number of Topliss-reactive ketones (excluding diaryl/α,β-unsaturated/α-hetero) is 1. The standard InChI is InChI=1S/C12H13BrO/c1-8(14)10-6-9-4-2-3-5-11(9)12(13)7-10/h6-7H,2-5H2,1H3. The van der Waals surface area contributed by atoms with Gasteiger partial charge >= 0.3 is 0 Å². The quantitative estimate of drug-likeness (QED) is 0.700. The number of ketones is 1. The van der Waals surface area contributed by atoms with E-state index in [1.54, 1.807) is 6.92 Å². The molecule has 14 heavy (non-hydrogen) atoms. The first-order valence-corrected chi connectivity index (χ1v) is 5.80. The second kappa shape index (κ2) is 3.85. The Morgan fingerprint density at radius 1 is 1.29 bits per heavy atom. The zero-order valence-corrected chi connectivity index (χ0v) is 9.86. The van der Waals surface area contributed by atoms with Gasteiger partial charge in [-0.15, -0.1) is 0 Å². The summed E-state index contributed by atoms with van der Waals surface area (Å²) in [5.74, 6) is 0.152. The van der Waals surface area contributed by atoms with Gasteiger partial charge in [0.1, 0.15) is 0 Å². The maximum atomic E-state index is 11.3. The smallest absolute Gasteiger partial charge is 0.159 e. The van der Waals surface area contributed by atoms with Crippen molar-refractivity contribution < 1.29 is 4.79 Å². The SMILES string of the molecule is CC(=O)c1cc(Br)c2c(c1)CCCC2. The maximum absolute atomic E-state index is 11.3. The highest BCUT2D eigenvalue weighted by atomic mass is 79.9. The molecule has 0 spiro atoms. The third kappa shape index (κ3) is 1.76. The number of rotatable bonds is 1. The molecule has 2 rings (SSSR count). The van der Waals surface area contributed by atoms with Gasteiger partial charge in [0.15, 0.2) is 5.78 Å². The van der Waals surface area contributed by atoms with Gasteiger partial charge in [0.05, 0.1) is 0 Å². The summed E-state index contributed by atoms with van der Waals surface area (Å²) < 4.78 is 1.11. The first kappa shape index (κ1) is 9.91. The molecule has 0 N–H and O–H groups in total. The summed E-state index contributed by atoms with van der Waals surface area (Å²) in [5, 5.41) is 0. The van der Waals surface area contributed by atoms with E-state index in [2.05, 4.69) is 22.0 Å². The molecule has 1 aromatic carbocycles. The van der Waals surface area contributed by atoms with Crippen molar-refractivity contribution in [2.45, 2.75) is 32.6 Å². The van der Waals surface area contributed by atoms with Crippen LogP contribution in [-0.2, 0) is 12.8 Å². The van der Waals surface area contributed by atoms with Crippen LogP contribution in [0.1, 0.15) is 41.3 Å². The van der Waals surface area contributed by atoms with Crippen LogP contribution in [0.25, 0.3) is 0 Å². The van der Waals surface area contributed by atoms with Crippen molar-refractivity contribution in [1.82, 2.24) is 0 Å². The number of hydrogen-bond acceptors (Lipinski definition) is 1. The molecule has 1 aromatic rings. The lowest BCUT2D eigenvalue weighted by molar-refractivity contribution is 0.101. The highest BCUT2D eigenvalue weighted by Crippen LogP contribution is 2.29. The first-order valence-electron chi connectivity index (χ1n) is 5.00. The Labute approximate surface area is 92.6 Å². The summed E-state index contributed by atoms with van der Waals surface area (Å²) >= 11 is 3.55. The molecule has 0 radical (unpaired) electrons. The molecule has 0 atom stereocenters. The fourth-order valence-electron chi connectivity index (χ4n) is 2.02. The van der Waals surface area contributed by atoms with Gasteiger partial charge in [-0.1, -0.05) is 15.9 Å². The molecule has 0 aromatic heterocycles. The van der Waals surface area contributed by atoms with Gasteiger partial charge in [-0.3, -0.25) is 4.79 Å². The predicted molar refractivity (Wildman–Crippen MR) is 60.8 cm³/mol. The minimum atomic E-state index is 0.152. The summed E-state index contributed by atoms with van der Waals surface area (Å²) in [6, 6.07) is 4.01. The van der Waals surface area contributed by atoms with Crippen molar-refractivity contribution in [3.8, 4) is 0 Å². The number of fused-ring (bicyclic) bond motifs is 1. The lowest BCUT2D eigenvalue weighted by atomic mass is 9.90. The van der Waals surface area contributed by atoms with E-state index in [1.165, 1.54) is 24.0 Å². The fraction of sp³-hybridized carbons (Fsp3) is 0.417. The molecule has 0 unspecified atom stereocenters. The van der Waals surface area contributed by atoms with Crippen LogP contribution in [0, 0.1) is 0 Å². The molecule has 74 valence electrons. The second-order valence-electron chi connectivity index (χ2n) is 3.86. The summed E-state index contributed by atoms with van der Waals surface area (Å²) in [6.07, 6.45) is 4.79. The molecule has 0 saturated heterocycles. The molecular weight excluding hydrogens is 240 g/mol. The maximum Gasteiger partial charge on any atom is 0.159 e.